The molecule has 0 saturated carbocycles. The normalized spacial score (nSPS) is 23.7. The predicted octanol–water partition coefficient (Wildman–Crippen LogP) is 3.62. The van der Waals surface area contributed by atoms with Gasteiger partial charge in [-0.15, -0.1) is 0 Å². The maximum Gasteiger partial charge on any atom is 0.245 e. The van der Waals surface area contributed by atoms with Gasteiger partial charge in [-0.25, -0.2) is 0 Å². The van der Waals surface area contributed by atoms with Gasteiger partial charge in [0.2, 0.25) is 5.91 Å². The van der Waals surface area contributed by atoms with Crippen LogP contribution in [0.4, 0.5) is 0 Å². The lowest BCUT2D eigenvalue weighted by Crippen LogP contribution is -2.69. The Morgan fingerprint density at radius 1 is 1.00 bits per heavy atom. The molecule has 1 amide bonds. The fourth-order valence-corrected chi connectivity index (χ4v) is 5.58. The first-order valence-electron chi connectivity index (χ1n) is 7.17. The molecule has 2 atom stereocenters. The molecule has 1 fully saturated rings. The minimum absolute atomic E-state index is 0.0992. The van der Waals surface area contributed by atoms with Crippen LogP contribution in [0.5, 0.6) is 0 Å². The summed E-state index contributed by atoms with van der Waals surface area (Å²) in [4.78, 5) is 12.5. The molecule has 0 N–H and O–H groups in total. The van der Waals surface area contributed by atoms with Crippen molar-refractivity contribution in [2.45, 2.75) is 51.4 Å². The van der Waals surface area contributed by atoms with Crippen LogP contribution >= 0.6 is 0 Å². The number of hydrogen-bond acceptors (Lipinski definition) is 2. The summed E-state index contributed by atoms with van der Waals surface area (Å²) < 4.78 is 8.24. The monoisotopic (exact) mass is 307 g/mol. The molecule has 1 aromatic rings. The molecule has 1 heterocycles. The van der Waals surface area contributed by atoms with E-state index >= 15 is 0 Å². The Morgan fingerprint density at radius 2 is 1.55 bits per heavy atom. The number of amides is 1. The first-order valence-corrected chi connectivity index (χ1v) is 14.0. The van der Waals surface area contributed by atoms with Gasteiger partial charge in [-0.05, 0) is 25.2 Å². The van der Waals surface area contributed by atoms with Crippen LogP contribution in [-0.4, -0.2) is 33.1 Å². The molecule has 0 unspecified atom stereocenters. The average Bonchev–Trinajstić information content (AvgIpc) is 2.31. The molecule has 0 radical (unpaired) electrons. The van der Waals surface area contributed by atoms with Gasteiger partial charge < -0.3 is 8.99 Å². The molecular formula is C15H25NO2Si2. The zero-order valence-electron chi connectivity index (χ0n) is 13.3. The summed E-state index contributed by atoms with van der Waals surface area (Å²) >= 11 is 0. The number of carbonyl (C=O) groups is 1. The van der Waals surface area contributed by atoms with Crippen LogP contribution in [-0.2, 0) is 9.22 Å². The lowest BCUT2D eigenvalue weighted by Gasteiger charge is -2.54. The Labute approximate surface area is 124 Å². The second-order valence-electron chi connectivity index (χ2n) is 7.39. The van der Waals surface area contributed by atoms with Crippen LogP contribution in [0, 0.1) is 0 Å². The van der Waals surface area contributed by atoms with Crippen LogP contribution in [0.2, 0.25) is 39.3 Å². The van der Waals surface area contributed by atoms with Crippen molar-refractivity contribution in [2.24, 2.45) is 0 Å². The molecule has 1 saturated heterocycles. The zero-order valence-corrected chi connectivity index (χ0v) is 15.3. The van der Waals surface area contributed by atoms with Gasteiger partial charge in [-0.1, -0.05) is 50.0 Å². The van der Waals surface area contributed by atoms with Crippen molar-refractivity contribution in [3.63, 3.8) is 0 Å². The summed E-state index contributed by atoms with van der Waals surface area (Å²) in [5, 5.41) is 0. The summed E-state index contributed by atoms with van der Waals surface area (Å²) in [5.74, 6) is 0.181. The van der Waals surface area contributed by atoms with E-state index in [0.29, 0.717) is 0 Å². The Bertz CT molecular complexity index is 491. The van der Waals surface area contributed by atoms with Crippen molar-refractivity contribution < 1.29 is 9.22 Å². The van der Waals surface area contributed by atoms with Crippen molar-refractivity contribution in [3.8, 4) is 0 Å². The first kappa shape index (κ1) is 15.5. The fraction of sp³-hybridized carbons (Fsp3) is 0.533. The molecule has 1 aliphatic heterocycles. The molecular weight excluding hydrogens is 282 g/mol. The van der Waals surface area contributed by atoms with E-state index in [1.165, 1.54) is 5.56 Å². The average molecular weight is 308 g/mol. The standard InChI is InChI=1S/C15H25NO2Si2/c1-19(2,3)16-13(12-10-8-7-9-11-12)14(15(16)17)18-20(4,5)6/h7-11,13-14H,1-6H3/t13-,14+/m1/s1. The number of benzene rings is 1. The van der Waals surface area contributed by atoms with E-state index in [-0.39, 0.29) is 18.1 Å². The van der Waals surface area contributed by atoms with Gasteiger partial charge in [0.1, 0.15) is 6.10 Å². The molecule has 0 aromatic heterocycles. The molecule has 110 valence electrons. The van der Waals surface area contributed by atoms with Crippen molar-refractivity contribution in [2.75, 3.05) is 0 Å². The van der Waals surface area contributed by atoms with Crippen LogP contribution in [0.15, 0.2) is 30.3 Å². The molecule has 0 bridgehead atoms. The minimum atomic E-state index is -1.73. The van der Waals surface area contributed by atoms with Crippen LogP contribution in [0.25, 0.3) is 0 Å². The maximum absolute atomic E-state index is 12.5. The Kier molecular flexibility index (Phi) is 3.97. The van der Waals surface area contributed by atoms with E-state index in [1.807, 2.05) is 18.2 Å². The lowest BCUT2D eigenvalue weighted by molar-refractivity contribution is -0.155. The van der Waals surface area contributed by atoms with Gasteiger partial charge >= 0.3 is 0 Å². The highest BCUT2D eigenvalue weighted by Gasteiger charge is 2.54. The Balaban J connectivity index is 2.32. The fourth-order valence-electron chi connectivity index (χ4n) is 2.68. The van der Waals surface area contributed by atoms with Crippen molar-refractivity contribution >= 4 is 22.5 Å². The SMILES string of the molecule is C[Si](C)(C)O[C@@H]1C(=O)N([Si](C)(C)C)[C@@H]1c1ccccc1. The quantitative estimate of drug-likeness (QED) is 0.628. The molecule has 0 spiro atoms. The van der Waals surface area contributed by atoms with E-state index in [1.54, 1.807) is 0 Å². The van der Waals surface area contributed by atoms with E-state index < -0.39 is 16.6 Å². The van der Waals surface area contributed by atoms with Gasteiger partial charge in [0.25, 0.3) is 0 Å². The molecule has 0 aliphatic carbocycles. The third-order valence-corrected chi connectivity index (χ3v) is 6.30. The zero-order chi connectivity index (χ0) is 15.1. The summed E-state index contributed by atoms with van der Waals surface area (Å²) in [6.07, 6.45) is -0.282. The van der Waals surface area contributed by atoms with Gasteiger partial charge in [-0.2, -0.15) is 0 Å². The molecule has 3 nitrogen and oxygen atoms in total. The first-order chi connectivity index (χ1) is 9.11. The summed E-state index contributed by atoms with van der Waals surface area (Å²) in [6, 6.07) is 10.4. The highest BCUT2D eigenvalue weighted by Crippen LogP contribution is 2.41. The van der Waals surface area contributed by atoms with Crippen molar-refractivity contribution in [3.05, 3.63) is 35.9 Å². The summed E-state index contributed by atoms with van der Waals surface area (Å²) in [5.41, 5.74) is 1.19. The third-order valence-electron chi connectivity index (χ3n) is 3.39. The van der Waals surface area contributed by atoms with Gasteiger partial charge in [0.15, 0.2) is 16.6 Å². The molecule has 1 aromatic carbocycles. The van der Waals surface area contributed by atoms with Gasteiger partial charge in [-0.3, -0.25) is 4.79 Å². The molecule has 1 aliphatic rings. The van der Waals surface area contributed by atoms with E-state index in [9.17, 15) is 4.79 Å². The summed E-state index contributed by atoms with van der Waals surface area (Å²) in [6.45, 7) is 13.1. The molecule has 2 rings (SSSR count). The lowest BCUT2D eigenvalue weighted by atomic mass is 9.94. The molecule has 5 heteroatoms. The van der Waals surface area contributed by atoms with Crippen LogP contribution < -0.4 is 0 Å². The Hall–Kier alpha value is -0.916. The van der Waals surface area contributed by atoms with Crippen molar-refractivity contribution in [1.29, 1.82) is 0 Å². The summed E-state index contributed by atoms with van der Waals surface area (Å²) in [7, 11) is -3.41. The van der Waals surface area contributed by atoms with Crippen molar-refractivity contribution in [1.82, 2.24) is 4.57 Å². The van der Waals surface area contributed by atoms with Gasteiger partial charge in [0.05, 0.1) is 6.04 Å². The number of β-lactam (4-membered cyclic amide) rings is 1. The maximum atomic E-state index is 12.5. The smallest absolute Gasteiger partial charge is 0.245 e. The Morgan fingerprint density at radius 3 is 2.00 bits per heavy atom. The largest absolute Gasteiger partial charge is 0.404 e. The predicted molar refractivity (Wildman–Crippen MR) is 87.6 cm³/mol. The van der Waals surface area contributed by atoms with E-state index in [0.717, 1.165) is 0 Å². The highest BCUT2D eigenvalue weighted by molar-refractivity contribution is 6.76. The van der Waals surface area contributed by atoms with E-state index in [2.05, 4.69) is 56.0 Å². The van der Waals surface area contributed by atoms with E-state index in [4.69, 9.17) is 4.43 Å². The number of rotatable bonds is 4. The second-order valence-corrected chi connectivity index (χ2v) is 16.7. The highest BCUT2D eigenvalue weighted by atomic mass is 28.4. The number of nitrogens with zero attached hydrogens (tertiary/aromatic N) is 1. The topological polar surface area (TPSA) is 29.5 Å². The molecule has 20 heavy (non-hydrogen) atoms. The minimum Gasteiger partial charge on any atom is -0.404 e. The van der Waals surface area contributed by atoms with Crippen LogP contribution in [0.1, 0.15) is 11.6 Å². The third kappa shape index (κ3) is 3.05. The van der Waals surface area contributed by atoms with Gasteiger partial charge in [0, 0.05) is 0 Å². The number of carbonyl (C=O) groups excluding carboxylic acids is 1. The second kappa shape index (κ2) is 5.13. The number of hydrogen-bond donors (Lipinski definition) is 0. The van der Waals surface area contributed by atoms with Crippen LogP contribution in [0.3, 0.4) is 0 Å².